The molecule has 8 unspecified atom stereocenters. The van der Waals surface area contributed by atoms with E-state index in [9.17, 15) is 20.1 Å². The van der Waals surface area contributed by atoms with E-state index in [1.54, 1.807) is 6.08 Å². The summed E-state index contributed by atoms with van der Waals surface area (Å²) >= 11 is 0. The molecule has 0 amide bonds. The molecule has 29 heavy (non-hydrogen) atoms. The highest BCUT2D eigenvalue weighted by molar-refractivity contribution is 5.85. The van der Waals surface area contributed by atoms with Crippen LogP contribution < -0.4 is 0 Å². The van der Waals surface area contributed by atoms with Crippen LogP contribution in [0.2, 0.25) is 0 Å². The summed E-state index contributed by atoms with van der Waals surface area (Å²) in [6.45, 7) is 4.81. The van der Waals surface area contributed by atoms with Crippen LogP contribution in [0.5, 0.6) is 0 Å². The monoisotopic (exact) mass is 402 g/mol. The summed E-state index contributed by atoms with van der Waals surface area (Å²) in [6.07, 6.45) is 8.02. The molecular weight excluding hydrogens is 368 g/mol. The third kappa shape index (κ3) is 1.97. The van der Waals surface area contributed by atoms with Crippen LogP contribution in [0, 0.1) is 39.9 Å². The summed E-state index contributed by atoms with van der Waals surface area (Å²) in [5, 5.41) is 34.1. The van der Waals surface area contributed by atoms with Gasteiger partial charge in [-0.1, -0.05) is 13.8 Å². The first-order valence-corrected chi connectivity index (χ1v) is 11.6. The molecule has 1 aliphatic heterocycles. The Morgan fingerprint density at radius 1 is 1.07 bits per heavy atom. The number of fused-ring (bicyclic) bond motifs is 4. The molecule has 5 saturated carbocycles. The van der Waals surface area contributed by atoms with E-state index in [0.29, 0.717) is 18.9 Å². The van der Waals surface area contributed by atoms with Gasteiger partial charge in [0.05, 0.1) is 17.8 Å². The quantitative estimate of drug-likeness (QED) is 0.587. The van der Waals surface area contributed by atoms with Crippen molar-refractivity contribution >= 4 is 5.97 Å². The first-order chi connectivity index (χ1) is 13.6. The van der Waals surface area contributed by atoms with Crippen molar-refractivity contribution in [2.45, 2.75) is 83.0 Å². The standard InChI is InChI=1S/C24H34O5/c1-21-11-18(26)20-17(3-5-23-10-15(25)8-14(23)9-22(20,23)2)24(21,28)6-4-16(21)13-7-19(27)29-12-13/h7,14-18,20,25-26,28H,3-6,8-12H2,1-2H3/t14-,15?,16?,17?,18?,20?,21?,22?,23?,24+/m1/s1. The highest BCUT2D eigenvalue weighted by Crippen LogP contribution is 2.80. The summed E-state index contributed by atoms with van der Waals surface area (Å²) in [4.78, 5) is 11.7. The van der Waals surface area contributed by atoms with Crippen molar-refractivity contribution in [1.82, 2.24) is 0 Å². The van der Waals surface area contributed by atoms with Gasteiger partial charge in [-0.25, -0.2) is 4.79 Å². The van der Waals surface area contributed by atoms with E-state index in [0.717, 1.165) is 50.5 Å². The van der Waals surface area contributed by atoms with E-state index in [4.69, 9.17) is 4.74 Å². The van der Waals surface area contributed by atoms with Crippen molar-refractivity contribution in [3.05, 3.63) is 11.6 Å². The minimum absolute atomic E-state index is 0.0122. The minimum Gasteiger partial charge on any atom is -0.458 e. The van der Waals surface area contributed by atoms with E-state index >= 15 is 0 Å². The molecule has 0 aromatic heterocycles. The van der Waals surface area contributed by atoms with Gasteiger partial charge in [-0.3, -0.25) is 0 Å². The molecule has 3 N–H and O–H groups in total. The molecule has 1 heterocycles. The molecule has 0 radical (unpaired) electrons. The second kappa shape index (κ2) is 5.46. The summed E-state index contributed by atoms with van der Waals surface area (Å²) in [7, 11) is 0. The fourth-order valence-corrected chi connectivity index (χ4v) is 10.1. The Labute approximate surface area is 172 Å². The second-order valence-electron chi connectivity index (χ2n) is 11.8. The van der Waals surface area contributed by atoms with Gasteiger partial charge in [-0.2, -0.15) is 0 Å². The molecule has 0 aromatic rings. The number of hydrogen-bond donors (Lipinski definition) is 3. The van der Waals surface area contributed by atoms with Crippen LogP contribution in [-0.2, 0) is 9.53 Å². The van der Waals surface area contributed by atoms with Gasteiger partial charge in [0.1, 0.15) is 6.61 Å². The first kappa shape index (κ1) is 18.8. The number of aliphatic hydroxyl groups is 3. The number of aliphatic hydroxyl groups excluding tert-OH is 2. The van der Waals surface area contributed by atoms with E-state index < -0.39 is 17.1 Å². The van der Waals surface area contributed by atoms with Gasteiger partial charge in [-0.15, -0.1) is 0 Å². The van der Waals surface area contributed by atoms with Gasteiger partial charge < -0.3 is 20.1 Å². The number of cyclic esters (lactones) is 1. The number of esters is 1. The van der Waals surface area contributed by atoms with Gasteiger partial charge >= 0.3 is 5.97 Å². The SMILES string of the molecule is CC12C[C@H]3CC(O)CC31CCC1C2C(O)CC2(C)C(C3=CC(=O)OC3)CC[C@]12O. The maximum Gasteiger partial charge on any atom is 0.331 e. The maximum absolute atomic E-state index is 12.2. The number of carbonyl (C=O) groups excluding carboxylic acids is 1. The first-order valence-electron chi connectivity index (χ1n) is 11.6. The van der Waals surface area contributed by atoms with Gasteiger partial charge in [0.2, 0.25) is 0 Å². The van der Waals surface area contributed by atoms with Crippen LogP contribution in [0.1, 0.15) is 65.2 Å². The molecule has 0 bridgehead atoms. The lowest BCUT2D eigenvalue weighted by atomic mass is 9.32. The van der Waals surface area contributed by atoms with E-state index in [2.05, 4.69) is 13.8 Å². The van der Waals surface area contributed by atoms with Crippen molar-refractivity contribution in [3.63, 3.8) is 0 Å². The molecule has 1 spiro atoms. The predicted octanol–water partition coefficient (Wildman–Crippen LogP) is 2.58. The predicted molar refractivity (Wildman–Crippen MR) is 106 cm³/mol. The van der Waals surface area contributed by atoms with Crippen LogP contribution in [0.3, 0.4) is 0 Å². The number of hydrogen-bond acceptors (Lipinski definition) is 5. The van der Waals surface area contributed by atoms with Crippen LogP contribution >= 0.6 is 0 Å². The summed E-state index contributed by atoms with van der Waals surface area (Å²) in [5.41, 5.74) is -0.0585. The lowest BCUT2D eigenvalue weighted by molar-refractivity contribution is -0.291. The summed E-state index contributed by atoms with van der Waals surface area (Å²) in [6, 6.07) is 0. The average molecular weight is 403 g/mol. The molecular formula is C24H34O5. The van der Waals surface area contributed by atoms with E-state index in [1.807, 2.05) is 0 Å². The van der Waals surface area contributed by atoms with Gasteiger partial charge in [0.15, 0.2) is 0 Å². The lowest BCUT2D eigenvalue weighted by Gasteiger charge is -2.73. The highest BCUT2D eigenvalue weighted by Gasteiger charge is 2.77. The smallest absolute Gasteiger partial charge is 0.331 e. The van der Waals surface area contributed by atoms with Gasteiger partial charge in [0, 0.05) is 11.5 Å². The summed E-state index contributed by atoms with van der Waals surface area (Å²) in [5.74, 6) is 0.599. The van der Waals surface area contributed by atoms with Crippen molar-refractivity contribution in [2.75, 3.05) is 6.61 Å². The third-order valence-electron chi connectivity index (χ3n) is 11.2. The molecule has 10 atom stereocenters. The van der Waals surface area contributed by atoms with Crippen molar-refractivity contribution in [3.8, 4) is 0 Å². The Bertz CT molecular complexity index is 807. The molecule has 5 fully saturated rings. The van der Waals surface area contributed by atoms with E-state index in [1.165, 1.54) is 0 Å². The molecule has 0 saturated heterocycles. The van der Waals surface area contributed by atoms with E-state index in [-0.39, 0.29) is 40.7 Å². The normalized spacial score (nSPS) is 60.4. The molecule has 5 nitrogen and oxygen atoms in total. The zero-order valence-corrected chi connectivity index (χ0v) is 17.6. The van der Waals surface area contributed by atoms with Crippen molar-refractivity contribution < 1.29 is 24.9 Å². The molecule has 6 rings (SSSR count). The van der Waals surface area contributed by atoms with Gasteiger partial charge in [-0.05, 0) is 91.4 Å². The number of ether oxygens (including phenoxy) is 1. The fraction of sp³-hybridized carbons (Fsp3) is 0.875. The molecule has 5 heteroatoms. The molecule has 0 aromatic carbocycles. The van der Waals surface area contributed by atoms with Crippen molar-refractivity contribution in [2.24, 2.45) is 39.9 Å². The number of carbonyl (C=O) groups is 1. The lowest BCUT2D eigenvalue weighted by Crippen LogP contribution is -2.71. The summed E-state index contributed by atoms with van der Waals surface area (Å²) < 4.78 is 5.18. The molecule has 5 aliphatic carbocycles. The third-order valence-corrected chi connectivity index (χ3v) is 11.2. The van der Waals surface area contributed by atoms with Crippen LogP contribution in [0.15, 0.2) is 11.6 Å². The minimum atomic E-state index is -0.805. The zero-order chi connectivity index (χ0) is 20.4. The van der Waals surface area contributed by atoms with Crippen molar-refractivity contribution in [1.29, 1.82) is 0 Å². The topological polar surface area (TPSA) is 87.0 Å². The highest BCUT2D eigenvalue weighted by atomic mass is 16.5. The molecule has 6 aliphatic rings. The van der Waals surface area contributed by atoms with Crippen LogP contribution in [0.4, 0.5) is 0 Å². The number of rotatable bonds is 1. The zero-order valence-electron chi connectivity index (χ0n) is 17.6. The van der Waals surface area contributed by atoms with Gasteiger partial charge in [0.25, 0.3) is 0 Å². The fourth-order valence-electron chi connectivity index (χ4n) is 10.1. The second-order valence-corrected chi connectivity index (χ2v) is 11.8. The molecule has 160 valence electrons. The largest absolute Gasteiger partial charge is 0.458 e. The Morgan fingerprint density at radius 3 is 2.55 bits per heavy atom. The Hall–Kier alpha value is -0.910. The Balaban J connectivity index is 1.38. The Morgan fingerprint density at radius 2 is 1.86 bits per heavy atom. The van der Waals surface area contributed by atoms with Crippen LogP contribution in [-0.4, -0.2) is 45.7 Å². The van der Waals surface area contributed by atoms with Crippen LogP contribution in [0.25, 0.3) is 0 Å². The average Bonchev–Trinajstić information content (AvgIpc) is 3.24. The maximum atomic E-state index is 12.2. The Kier molecular flexibility index (Phi) is 3.55.